The largest absolute Gasteiger partial charge is 0.309 e. The van der Waals surface area contributed by atoms with E-state index in [1.54, 1.807) is 0 Å². The van der Waals surface area contributed by atoms with Gasteiger partial charge in [-0.3, -0.25) is 4.98 Å². The number of hydrogen-bond donors (Lipinski definition) is 0. The maximum atomic E-state index is 5.09. The SMILES string of the molecule is CC(C)c1cccc(-n2c3ccccc3c3cc(-c4cc5ccc(C(C)(C)C)nc5c5ncccc45)ccc32)c1. The molecule has 0 aliphatic carbocycles. The van der Waals surface area contributed by atoms with Crippen LogP contribution in [0.4, 0.5) is 0 Å². The molecule has 0 radical (unpaired) electrons. The first-order chi connectivity index (χ1) is 19.3. The van der Waals surface area contributed by atoms with Crippen LogP contribution in [0.15, 0.2) is 103 Å². The fourth-order valence-electron chi connectivity index (χ4n) is 5.92. The molecular formula is C37H33N3. The van der Waals surface area contributed by atoms with E-state index >= 15 is 0 Å². The van der Waals surface area contributed by atoms with E-state index in [-0.39, 0.29) is 5.41 Å². The second kappa shape index (κ2) is 9.02. The molecule has 0 N–H and O–H groups in total. The van der Waals surface area contributed by atoms with Crippen molar-refractivity contribution in [1.82, 2.24) is 14.5 Å². The summed E-state index contributed by atoms with van der Waals surface area (Å²) < 4.78 is 2.40. The van der Waals surface area contributed by atoms with Gasteiger partial charge in [0.1, 0.15) is 0 Å². The summed E-state index contributed by atoms with van der Waals surface area (Å²) in [6.45, 7) is 11.1. The van der Waals surface area contributed by atoms with Crippen LogP contribution in [0.25, 0.3) is 60.4 Å². The van der Waals surface area contributed by atoms with Crippen LogP contribution in [-0.4, -0.2) is 14.5 Å². The number of fused-ring (bicyclic) bond motifs is 6. The molecule has 40 heavy (non-hydrogen) atoms. The summed E-state index contributed by atoms with van der Waals surface area (Å²) in [4.78, 5) is 9.92. The van der Waals surface area contributed by atoms with E-state index in [1.165, 1.54) is 44.2 Å². The number of pyridine rings is 2. The van der Waals surface area contributed by atoms with E-state index in [4.69, 9.17) is 9.97 Å². The standard InChI is InChI=1S/C37H33N3/c1-23(2)24-10-8-11-27(20-24)40-32-14-7-6-12-28(32)31-21-25(15-17-33(31)40)30-22-26-16-18-34(37(3,4)5)39-35(26)36-29(30)13-9-19-38-36/h6-23H,1-5H3. The molecule has 3 nitrogen and oxygen atoms in total. The summed E-state index contributed by atoms with van der Waals surface area (Å²) in [7, 11) is 0. The minimum absolute atomic E-state index is 0.0259. The molecule has 4 aromatic carbocycles. The van der Waals surface area contributed by atoms with Crippen LogP contribution >= 0.6 is 0 Å². The lowest BCUT2D eigenvalue weighted by atomic mass is 9.90. The van der Waals surface area contributed by atoms with E-state index in [9.17, 15) is 0 Å². The molecule has 3 aromatic heterocycles. The number of aromatic nitrogens is 3. The zero-order valence-electron chi connectivity index (χ0n) is 23.7. The third-order valence-corrected chi connectivity index (χ3v) is 8.10. The minimum Gasteiger partial charge on any atom is -0.309 e. The van der Waals surface area contributed by atoms with Gasteiger partial charge in [0.15, 0.2) is 0 Å². The highest BCUT2D eigenvalue weighted by Crippen LogP contribution is 2.39. The number of benzene rings is 4. The van der Waals surface area contributed by atoms with Crippen LogP contribution < -0.4 is 0 Å². The summed E-state index contributed by atoms with van der Waals surface area (Å²) in [5, 5.41) is 4.75. The Kier molecular flexibility index (Phi) is 5.54. The van der Waals surface area contributed by atoms with E-state index in [0.717, 1.165) is 27.5 Å². The van der Waals surface area contributed by atoms with Gasteiger partial charge < -0.3 is 4.57 Å². The van der Waals surface area contributed by atoms with Crippen molar-refractivity contribution < 1.29 is 0 Å². The Morgan fingerprint density at radius 2 is 1.48 bits per heavy atom. The van der Waals surface area contributed by atoms with Crippen LogP contribution in [0, 0.1) is 0 Å². The van der Waals surface area contributed by atoms with Crippen LogP contribution in [0.3, 0.4) is 0 Å². The van der Waals surface area contributed by atoms with Crippen LogP contribution in [0.5, 0.6) is 0 Å². The molecule has 3 heteroatoms. The summed E-state index contributed by atoms with van der Waals surface area (Å²) >= 11 is 0. The van der Waals surface area contributed by atoms with Gasteiger partial charge in [0.05, 0.1) is 22.1 Å². The van der Waals surface area contributed by atoms with Gasteiger partial charge in [0.25, 0.3) is 0 Å². The van der Waals surface area contributed by atoms with Crippen LogP contribution in [0.2, 0.25) is 0 Å². The lowest BCUT2D eigenvalue weighted by Crippen LogP contribution is -2.13. The van der Waals surface area contributed by atoms with Crippen molar-refractivity contribution in [3.8, 4) is 16.8 Å². The summed E-state index contributed by atoms with van der Waals surface area (Å²) in [6, 6.07) is 35.4. The molecule has 7 aromatic rings. The molecule has 3 heterocycles. The normalized spacial score (nSPS) is 12.3. The smallest absolute Gasteiger partial charge is 0.0970 e. The fraction of sp³-hybridized carbons (Fsp3) is 0.189. The molecule has 0 aliphatic rings. The predicted octanol–water partition coefficient (Wildman–Crippen LogP) is 9.97. The molecule has 0 amide bonds. The quantitative estimate of drug-likeness (QED) is 0.217. The molecule has 0 atom stereocenters. The molecule has 0 unspecified atom stereocenters. The van der Waals surface area contributed by atoms with Gasteiger partial charge in [-0.2, -0.15) is 0 Å². The molecular weight excluding hydrogens is 486 g/mol. The monoisotopic (exact) mass is 519 g/mol. The Bertz CT molecular complexity index is 2070. The Labute approximate surface area is 235 Å². The van der Waals surface area contributed by atoms with Gasteiger partial charge in [-0.25, -0.2) is 4.98 Å². The van der Waals surface area contributed by atoms with Crippen molar-refractivity contribution in [2.24, 2.45) is 0 Å². The Hall–Kier alpha value is -4.50. The van der Waals surface area contributed by atoms with Crippen LogP contribution in [0.1, 0.15) is 51.8 Å². The Morgan fingerprint density at radius 3 is 2.30 bits per heavy atom. The van der Waals surface area contributed by atoms with Crippen molar-refractivity contribution in [2.45, 2.75) is 46.0 Å². The molecule has 0 saturated heterocycles. The number of nitrogens with zero attached hydrogens (tertiary/aromatic N) is 3. The van der Waals surface area contributed by atoms with Crippen molar-refractivity contribution in [3.05, 3.63) is 115 Å². The fourth-order valence-corrected chi connectivity index (χ4v) is 5.92. The Balaban J connectivity index is 1.49. The maximum Gasteiger partial charge on any atom is 0.0970 e. The maximum absolute atomic E-state index is 5.09. The highest BCUT2D eigenvalue weighted by Gasteiger charge is 2.19. The summed E-state index contributed by atoms with van der Waals surface area (Å²) in [5.74, 6) is 0.475. The first-order valence-electron chi connectivity index (χ1n) is 14.1. The zero-order valence-corrected chi connectivity index (χ0v) is 23.7. The molecule has 7 rings (SSSR count). The van der Waals surface area contributed by atoms with Crippen molar-refractivity contribution >= 4 is 43.6 Å². The molecule has 0 aliphatic heterocycles. The third kappa shape index (κ3) is 3.88. The average molecular weight is 520 g/mol. The van der Waals surface area contributed by atoms with Gasteiger partial charge >= 0.3 is 0 Å². The molecule has 0 spiro atoms. The third-order valence-electron chi connectivity index (χ3n) is 8.10. The van der Waals surface area contributed by atoms with Gasteiger partial charge in [-0.1, -0.05) is 83.1 Å². The predicted molar refractivity (Wildman–Crippen MR) is 170 cm³/mol. The van der Waals surface area contributed by atoms with Gasteiger partial charge in [0, 0.05) is 44.5 Å². The lowest BCUT2D eigenvalue weighted by molar-refractivity contribution is 0.571. The lowest BCUT2D eigenvalue weighted by Gasteiger charge is -2.19. The first kappa shape index (κ1) is 24.5. The Morgan fingerprint density at radius 1 is 0.675 bits per heavy atom. The van der Waals surface area contributed by atoms with Crippen LogP contribution in [-0.2, 0) is 5.41 Å². The first-order valence-corrected chi connectivity index (χ1v) is 14.1. The minimum atomic E-state index is -0.0259. The summed E-state index contributed by atoms with van der Waals surface area (Å²) in [6.07, 6.45) is 1.87. The molecule has 0 saturated carbocycles. The van der Waals surface area contributed by atoms with Crippen molar-refractivity contribution in [2.75, 3.05) is 0 Å². The van der Waals surface area contributed by atoms with Crippen molar-refractivity contribution in [3.63, 3.8) is 0 Å². The van der Waals surface area contributed by atoms with Gasteiger partial charge in [-0.05, 0) is 71.1 Å². The number of rotatable bonds is 3. The summed E-state index contributed by atoms with van der Waals surface area (Å²) in [5.41, 5.74) is 10.3. The average Bonchev–Trinajstić information content (AvgIpc) is 3.30. The number of hydrogen-bond acceptors (Lipinski definition) is 2. The second-order valence-corrected chi connectivity index (χ2v) is 12.2. The highest BCUT2D eigenvalue weighted by molar-refractivity contribution is 6.14. The number of para-hydroxylation sites is 1. The topological polar surface area (TPSA) is 30.7 Å². The van der Waals surface area contributed by atoms with E-state index < -0.39 is 0 Å². The van der Waals surface area contributed by atoms with Gasteiger partial charge in [-0.15, -0.1) is 0 Å². The van der Waals surface area contributed by atoms with E-state index in [0.29, 0.717) is 5.92 Å². The van der Waals surface area contributed by atoms with E-state index in [1.807, 2.05) is 12.3 Å². The van der Waals surface area contributed by atoms with Crippen molar-refractivity contribution in [1.29, 1.82) is 0 Å². The zero-order chi connectivity index (χ0) is 27.6. The van der Waals surface area contributed by atoms with E-state index in [2.05, 4.69) is 130 Å². The molecule has 0 fully saturated rings. The molecule has 0 bridgehead atoms. The molecule has 196 valence electrons. The van der Waals surface area contributed by atoms with Gasteiger partial charge in [0.2, 0.25) is 0 Å². The highest BCUT2D eigenvalue weighted by atomic mass is 15.0. The second-order valence-electron chi connectivity index (χ2n) is 12.2.